The average Bonchev–Trinajstić information content (AvgIpc) is 3.10. The van der Waals surface area contributed by atoms with E-state index in [9.17, 15) is 9.59 Å². The quantitative estimate of drug-likeness (QED) is 0.110. The van der Waals surface area contributed by atoms with E-state index < -0.39 is 0 Å². The Morgan fingerprint density at radius 1 is 0.833 bits per heavy atom. The standard InChI is InChI=1S/C36H31BrN8O2S/c1-22(2)29-17-16-28-33(43-29)40-21-41-34(28)44-30-10-6-9-27(35(46)45-31-18-11-24(37)20-38-31)32(30)48-26-14-12-25(13-15-26)42-36(47)39-19-23-7-4-3-5-8-23/h3-18,20-22H,19H2,1-2H3,(H,38,45,46)(H2,39,42,47)(H,40,41,43,44). The molecule has 0 aliphatic heterocycles. The Morgan fingerprint density at radius 2 is 1.65 bits per heavy atom. The van der Waals surface area contributed by atoms with E-state index in [2.05, 4.69) is 66.0 Å². The van der Waals surface area contributed by atoms with Crippen LogP contribution in [0.3, 0.4) is 0 Å². The molecule has 0 unspecified atom stereocenters. The lowest BCUT2D eigenvalue weighted by Crippen LogP contribution is -2.28. The molecule has 0 radical (unpaired) electrons. The van der Waals surface area contributed by atoms with E-state index in [4.69, 9.17) is 4.98 Å². The number of pyridine rings is 2. The molecule has 0 spiro atoms. The Balaban J connectivity index is 1.27. The van der Waals surface area contributed by atoms with Crippen molar-refractivity contribution in [2.24, 2.45) is 0 Å². The number of rotatable bonds is 10. The lowest BCUT2D eigenvalue weighted by atomic mass is 10.1. The molecule has 0 saturated carbocycles. The van der Waals surface area contributed by atoms with E-state index in [0.717, 1.165) is 26.0 Å². The van der Waals surface area contributed by atoms with Gasteiger partial charge < -0.3 is 21.3 Å². The van der Waals surface area contributed by atoms with Crippen molar-refractivity contribution in [3.63, 3.8) is 0 Å². The van der Waals surface area contributed by atoms with Gasteiger partial charge in [-0.05, 0) is 88.1 Å². The van der Waals surface area contributed by atoms with Gasteiger partial charge in [0.05, 0.1) is 16.6 Å². The molecule has 48 heavy (non-hydrogen) atoms. The van der Waals surface area contributed by atoms with Crippen LogP contribution in [0.15, 0.2) is 124 Å². The van der Waals surface area contributed by atoms with Crippen molar-refractivity contribution in [3.05, 3.63) is 131 Å². The van der Waals surface area contributed by atoms with Crippen molar-refractivity contribution < 1.29 is 9.59 Å². The molecule has 0 saturated heterocycles. The van der Waals surface area contributed by atoms with Gasteiger partial charge in [0.15, 0.2) is 5.65 Å². The Labute approximate surface area is 290 Å². The van der Waals surface area contributed by atoms with Crippen molar-refractivity contribution in [3.8, 4) is 0 Å². The largest absolute Gasteiger partial charge is 0.339 e. The molecule has 3 aromatic carbocycles. The summed E-state index contributed by atoms with van der Waals surface area (Å²) >= 11 is 4.79. The fourth-order valence-electron chi connectivity index (χ4n) is 4.74. The topological polar surface area (TPSA) is 134 Å². The third kappa shape index (κ3) is 8.14. The van der Waals surface area contributed by atoms with E-state index in [-0.39, 0.29) is 17.9 Å². The lowest BCUT2D eigenvalue weighted by molar-refractivity contribution is 0.102. The maximum atomic E-state index is 13.7. The van der Waals surface area contributed by atoms with Gasteiger partial charge in [0, 0.05) is 38.4 Å². The summed E-state index contributed by atoms with van der Waals surface area (Å²) in [7, 11) is 0. The van der Waals surface area contributed by atoms with Crippen LogP contribution in [0, 0.1) is 0 Å². The molecule has 0 aliphatic carbocycles. The Kier molecular flexibility index (Phi) is 10.2. The second-order valence-corrected chi connectivity index (χ2v) is 13.0. The Hall–Kier alpha value is -5.33. The maximum Gasteiger partial charge on any atom is 0.319 e. The molecule has 6 rings (SSSR count). The minimum Gasteiger partial charge on any atom is -0.339 e. The predicted octanol–water partition coefficient (Wildman–Crippen LogP) is 8.77. The number of urea groups is 1. The van der Waals surface area contributed by atoms with E-state index in [1.807, 2.05) is 84.9 Å². The number of carbonyl (C=O) groups is 2. The van der Waals surface area contributed by atoms with Crippen molar-refractivity contribution in [1.29, 1.82) is 0 Å². The van der Waals surface area contributed by atoms with Crippen LogP contribution in [0.1, 0.15) is 41.4 Å². The molecular weight excluding hydrogens is 688 g/mol. The van der Waals surface area contributed by atoms with Gasteiger partial charge in [-0.15, -0.1) is 0 Å². The fourth-order valence-corrected chi connectivity index (χ4v) is 5.98. The van der Waals surface area contributed by atoms with Crippen molar-refractivity contribution in [2.45, 2.75) is 36.1 Å². The van der Waals surface area contributed by atoms with Crippen LogP contribution < -0.4 is 21.3 Å². The minimum atomic E-state index is -0.319. The zero-order valence-electron chi connectivity index (χ0n) is 26.1. The number of benzene rings is 3. The number of hydrogen-bond acceptors (Lipinski definition) is 8. The monoisotopic (exact) mass is 718 g/mol. The highest BCUT2D eigenvalue weighted by Crippen LogP contribution is 2.39. The van der Waals surface area contributed by atoms with Crippen LogP contribution >= 0.6 is 27.7 Å². The number of hydrogen-bond donors (Lipinski definition) is 4. The molecule has 12 heteroatoms. The fraction of sp³-hybridized carbons (Fsp3) is 0.111. The highest BCUT2D eigenvalue weighted by atomic mass is 79.9. The molecule has 10 nitrogen and oxygen atoms in total. The van der Waals surface area contributed by atoms with Gasteiger partial charge in [-0.25, -0.2) is 24.7 Å². The molecular formula is C36H31BrN8O2S. The smallest absolute Gasteiger partial charge is 0.319 e. The van der Waals surface area contributed by atoms with Crippen LogP contribution in [0.5, 0.6) is 0 Å². The first kappa shape index (κ1) is 32.6. The second-order valence-electron chi connectivity index (χ2n) is 11.0. The van der Waals surface area contributed by atoms with Gasteiger partial charge in [-0.1, -0.05) is 62.0 Å². The van der Waals surface area contributed by atoms with Gasteiger partial charge in [-0.3, -0.25) is 4.79 Å². The summed E-state index contributed by atoms with van der Waals surface area (Å²) in [6, 6.07) is 29.8. The number of halogens is 1. The number of nitrogens with one attached hydrogen (secondary N) is 4. The van der Waals surface area contributed by atoms with Crippen LogP contribution in [-0.2, 0) is 6.54 Å². The van der Waals surface area contributed by atoms with Crippen LogP contribution in [0.25, 0.3) is 11.0 Å². The zero-order valence-corrected chi connectivity index (χ0v) is 28.5. The van der Waals surface area contributed by atoms with Gasteiger partial charge in [0.2, 0.25) is 0 Å². The highest BCUT2D eigenvalue weighted by molar-refractivity contribution is 9.10. The zero-order chi connectivity index (χ0) is 33.5. The first-order valence-electron chi connectivity index (χ1n) is 15.1. The SMILES string of the molecule is CC(C)c1ccc2c(Nc3cccc(C(=O)Nc4ccc(Br)cn4)c3Sc3ccc(NC(=O)NCc4ccccc4)cc3)ncnc2n1. The molecule has 0 atom stereocenters. The number of amides is 3. The van der Waals surface area contributed by atoms with E-state index in [0.29, 0.717) is 45.7 Å². The van der Waals surface area contributed by atoms with Crippen LogP contribution in [0.4, 0.5) is 27.8 Å². The lowest BCUT2D eigenvalue weighted by Gasteiger charge is -2.17. The molecule has 0 aliphatic rings. The summed E-state index contributed by atoms with van der Waals surface area (Å²) < 4.78 is 0.807. The average molecular weight is 720 g/mol. The minimum absolute atomic E-state index is 0.254. The number of nitrogens with zero attached hydrogens (tertiary/aromatic N) is 4. The molecule has 6 aromatic rings. The molecule has 0 bridgehead atoms. The van der Waals surface area contributed by atoms with E-state index >= 15 is 0 Å². The summed E-state index contributed by atoms with van der Waals surface area (Å²) in [4.78, 5) is 45.6. The summed E-state index contributed by atoms with van der Waals surface area (Å²) in [6.07, 6.45) is 3.10. The summed E-state index contributed by atoms with van der Waals surface area (Å²) in [6.45, 7) is 4.59. The summed E-state index contributed by atoms with van der Waals surface area (Å²) in [5.41, 5.74) is 4.28. The molecule has 3 heterocycles. The summed E-state index contributed by atoms with van der Waals surface area (Å²) in [5, 5.41) is 12.8. The third-order valence-electron chi connectivity index (χ3n) is 7.22. The third-order valence-corrected chi connectivity index (χ3v) is 8.84. The Bertz CT molecular complexity index is 2060. The van der Waals surface area contributed by atoms with Crippen molar-refractivity contribution >= 4 is 73.7 Å². The normalized spacial score (nSPS) is 10.9. The molecule has 3 amide bonds. The molecule has 4 N–H and O–H groups in total. The molecule has 3 aromatic heterocycles. The number of carbonyl (C=O) groups excluding carboxylic acids is 2. The van der Waals surface area contributed by atoms with Crippen LogP contribution in [-0.4, -0.2) is 31.9 Å². The number of fused-ring (bicyclic) bond motifs is 1. The predicted molar refractivity (Wildman–Crippen MR) is 194 cm³/mol. The summed E-state index contributed by atoms with van der Waals surface area (Å²) in [5.74, 6) is 0.926. The highest BCUT2D eigenvalue weighted by Gasteiger charge is 2.19. The Morgan fingerprint density at radius 3 is 2.40 bits per heavy atom. The van der Waals surface area contributed by atoms with Crippen LogP contribution in [0.2, 0.25) is 0 Å². The second kappa shape index (κ2) is 15.1. The first-order chi connectivity index (χ1) is 23.3. The maximum absolute atomic E-state index is 13.7. The van der Waals surface area contributed by atoms with Gasteiger partial charge in [0.1, 0.15) is 18.0 Å². The van der Waals surface area contributed by atoms with Gasteiger partial charge >= 0.3 is 6.03 Å². The molecule has 240 valence electrons. The van der Waals surface area contributed by atoms with Crippen molar-refractivity contribution in [2.75, 3.05) is 16.0 Å². The van der Waals surface area contributed by atoms with Gasteiger partial charge in [0.25, 0.3) is 5.91 Å². The first-order valence-corrected chi connectivity index (χ1v) is 16.7. The van der Waals surface area contributed by atoms with Gasteiger partial charge in [-0.2, -0.15) is 0 Å². The van der Waals surface area contributed by atoms with E-state index in [1.54, 1.807) is 18.3 Å². The number of aromatic nitrogens is 4. The number of anilines is 4. The van der Waals surface area contributed by atoms with Crippen molar-refractivity contribution in [1.82, 2.24) is 25.3 Å². The van der Waals surface area contributed by atoms with E-state index in [1.165, 1.54) is 18.1 Å². The molecule has 0 fully saturated rings.